The van der Waals surface area contributed by atoms with E-state index in [9.17, 15) is 9.90 Å². The van der Waals surface area contributed by atoms with Crippen LogP contribution in [-0.2, 0) is 11.2 Å². The van der Waals surface area contributed by atoms with Crippen LogP contribution < -0.4 is 0 Å². The third-order valence-corrected chi connectivity index (χ3v) is 5.04. The van der Waals surface area contributed by atoms with Gasteiger partial charge in [0, 0.05) is 39.1 Å². The molecule has 1 heterocycles. The number of halogens is 1. The van der Waals surface area contributed by atoms with Crippen LogP contribution in [-0.4, -0.2) is 59.6 Å². The van der Waals surface area contributed by atoms with Crippen LogP contribution in [0.2, 0.25) is 0 Å². The molecule has 134 valence electrons. The third kappa shape index (κ3) is 5.76. The number of benzene rings is 1. The normalized spacial score (nSPS) is 19.6. The number of amides is 1. The first kappa shape index (κ1) is 19.2. The maximum atomic E-state index is 12.3. The number of nitrogens with zero attached hydrogens (tertiary/aromatic N) is 2. The van der Waals surface area contributed by atoms with Crippen molar-refractivity contribution in [3.8, 4) is 0 Å². The zero-order chi connectivity index (χ0) is 16.1. The van der Waals surface area contributed by atoms with E-state index in [-0.39, 0.29) is 24.4 Å². The van der Waals surface area contributed by atoms with Gasteiger partial charge in [-0.25, -0.2) is 0 Å². The zero-order valence-corrected chi connectivity index (χ0v) is 15.1. The number of aliphatic hydroxyl groups excluding tert-OH is 1. The lowest BCUT2D eigenvalue weighted by molar-refractivity contribution is -0.133. The lowest BCUT2D eigenvalue weighted by atomic mass is 10.1. The van der Waals surface area contributed by atoms with Gasteiger partial charge in [0.15, 0.2) is 0 Å². The van der Waals surface area contributed by atoms with Gasteiger partial charge in [-0.05, 0) is 37.2 Å². The summed E-state index contributed by atoms with van der Waals surface area (Å²) in [4.78, 5) is 16.6. The third-order valence-electron chi connectivity index (χ3n) is 5.04. The lowest BCUT2D eigenvalue weighted by Gasteiger charge is -2.35. The van der Waals surface area contributed by atoms with Crippen molar-refractivity contribution in [2.24, 2.45) is 5.92 Å². The Bertz CT molecular complexity index is 499. The Balaban J connectivity index is 0.00000208. The van der Waals surface area contributed by atoms with Gasteiger partial charge in [-0.2, -0.15) is 0 Å². The molecule has 0 aromatic heterocycles. The number of carbonyl (C=O) groups excluding carboxylic acids is 1. The number of β-amino-alcohol motifs (C(OH)–C–C–N with tert-alkyl or cyclic N) is 1. The molecule has 1 amide bonds. The van der Waals surface area contributed by atoms with Crippen molar-refractivity contribution >= 4 is 18.3 Å². The van der Waals surface area contributed by atoms with E-state index in [4.69, 9.17) is 0 Å². The summed E-state index contributed by atoms with van der Waals surface area (Å²) in [5.41, 5.74) is 1.30. The Labute approximate surface area is 151 Å². The summed E-state index contributed by atoms with van der Waals surface area (Å²) < 4.78 is 0. The molecule has 2 aliphatic rings. The maximum Gasteiger partial charge on any atom is 0.222 e. The van der Waals surface area contributed by atoms with Crippen molar-refractivity contribution < 1.29 is 9.90 Å². The molecule has 1 aliphatic carbocycles. The van der Waals surface area contributed by atoms with E-state index in [1.807, 2.05) is 23.1 Å². The molecule has 1 saturated heterocycles. The van der Waals surface area contributed by atoms with Crippen LogP contribution in [0.1, 0.15) is 31.2 Å². The summed E-state index contributed by atoms with van der Waals surface area (Å²) in [7, 11) is 0. The monoisotopic (exact) mass is 352 g/mol. The molecule has 4 nitrogen and oxygen atoms in total. The van der Waals surface area contributed by atoms with Gasteiger partial charge in [-0.1, -0.05) is 30.3 Å². The van der Waals surface area contributed by atoms with Gasteiger partial charge in [0.1, 0.15) is 0 Å². The Morgan fingerprint density at radius 2 is 1.79 bits per heavy atom. The standard InChI is InChI=1S/C19H28N2O2.ClH/c22-18(17-9-10-17)15-20-11-13-21(14-12-20)19(23)8-4-7-16-5-2-1-3-6-16;/h1-3,5-6,17-18,22H,4,7-15H2;1H. The highest BCUT2D eigenvalue weighted by Gasteiger charge is 2.31. The number of rotatable bonds is 7. The number of aryl methyl sites for hydroxylation is 1. The summed E-state index contributed by atoms with van der Waals surface area (Å²) in [6.07, 6.45) is 4.73. The van der Waals surface area contributed by atoms with Crippen molar-refractivity contribution in [2.45, 2.75) is 38.2 Å². The van der Waals surface area contributed by atoms with Gasteiger partial charge in [-0.3, -0.25) is 9.69 Å². The molecule has 0 radical (unpaired) electrons. The molecule has 1 aromatic rings. The van der Waals surface area contributed by atoms with Crippen LogP contribution in [0, 0.1) is 5.92 Å². The van der Waals surface area contributed by atoms with E-state index in [1.54, 1.807) is 0 Å². The molecule has 1 atom stereocenters. The highest BCUT2D eigenvalue weighted by Crippen LogP contribution is 2.32. The molecular formula is C19H29ClN2O2. The maximum absolute atomic E-state index is 12.3. The van der Waals surface area contributed by atoms with Gasteiger partial charge in [0.25, 0.3) is 0 Å². The summed E-state index contributed by atoms with van der Waals surface area (Å²) in [6.45, 7) is 4.19. The topological polar surface area (TPSA) is 43.8 Å². The summed E-state index contributed by atoms with van der Waals surface area (Å²) >= 11 is 0. The number of hydrogen-bond donors (Lipinski definition) is 1. The fourth-order valence-corrected chi connectivity index (χ4v) is 3.32. The number of hydrogen-bond acceptors (Lipinski definition) is 3. The van der Waals surface area contributed by atoms with Crippen molar-refractivity contribution in [1.29, 1.82) is 0 Å². The lowest BCUT2D eigenvalue weighted by Crippen LogP contribution is -2.50. The molecular weight excluding hydrogens is 324 g/mol. The van der Waals surface area contributed by atoms with E-state index in [0.717, 1.165) is 45.6 Å². The smallest absolute Gasteiger partial charge is 0.222 e. The molecule has 1 unspecified atom stereocenters. The minimum atomic E-state index is -0.164. The number of carbonyl (C=O) groups is 1. The SMILES string of the molecule is Cl.O=C(CCCc1ccccc1)N1CCN(CC(O)C2CC2)CC1. The largest absolute Gasteiger partial charge is 0.392 e. The van der Waals surface area contributed by atoms with Crippen molar-refractivity contribution in [2.75, 3.05) is 32.7 Å². The molecule has 2 fully saturated rings. The molecule has 0 spiro atoms. The van der Waals surface area contributed by atoms with Crippen LogP contribution in [0.25, 0.3) is 0 Å². The van der Waals surface area contributed by atoms with Crippen LogP contribution in [0.15, 0.2) is 30.3 Å². The quantitative estimate of drug-likeness (QED) is 0.819. The molecule has 1 N–H and O–H groups in total. The fraction of sp³-hybridized carbons (Fsp3) is 0.632. The molecule has 1 aromatic carbocycles. The van der Waals surface area contributed by atoms with Gasteiger partial charge >= 0.3 is 0 Å². The van der Waals surface area contributed by atoms with Gasteiger partial charge < -0.3 is 10.0 Å². The first-order valence-electron chi connectivity index (χ1n) is 8.94. The van der Waals surface area contributed by atoms with Gasteiger partial charge in [0.2, 0.25) is 5.91 Å². The van der Waals surface area contributed by atoms with E-state index >= 15 is 0 Å². The van der Waals surface area contributed by atoms with E-state index in [1.165, 1.54) is 18.4 Å². The molecule has 5 heteroatoms. The number of piperazine rings is 1. The van der Waals surface area contributed by atoms with Crippen LogP contribution >= 0.6 is 12.4 Å². The first-order valence-corrected chi connectivity index (χ1v) is 8.94. The second kappa shape index (κ2) is 9.40. The second-order valence-corrected chi connectivity index (χ2v) is 6.93. The molecule has 1 saturated carbocycles. The minimum absolute atomic E-state index is 0. The van der Waals surface area contributed by atoms with Crippen molar-refractivity contribution in [3.63, 3.8) is 0 Å². The highest BCUT2D eigenvalue weighted by atomic mass is 35.5. The van der Waals surface area contributed by atoms with Crippen LogP contribution in [0.4, 0.5) is 0 Å². The van der Waals surface area contributed by atoms with Crippen LogP contribution in [0.3, 0.4) is 0 Å². The van der Waals surface area contributed by atoms with Crippen molar-refractivity contribution in [3.05, 3.63) is 35.9 Å². The molecule has 1 aliphatic heterocycles. The summed E-state index contributed by atoms with van der Waals surface area (Å²) in [5.74, 6) is 0.816. The molecule has 0 bridgehead atoms. The zero-order valence-electron chi connectivity index (χ0n) is 14.3. The second-order valence-electron chi connectivity index (χ2n) is 6.93. The van der Waals surface area contributed by atoms with E-state index < -0.39 is 0 Å². The average Bonchev–Trinajstić information content (AvgIpc) is 3.41. The first-order chi connectivity index (χ1) is 11.2. The highest BCUT2D eigenvalue weighted by molar-refractivity contribution is 5.85. The predicted octanol–water partition coefficient (Wildman–Crippen LogP) is 2.35. The van der Waals surface area contributed by atoms with Gasteiger partial charge in [-0.15, -0.1) is 12.4 Å². The summed E-state index contributed by atoms with van der Waals surface area (Å²) in [5, 5.41) is 10.0. The Hall–Kier alpha value is -1.10. The average molecular weight is 353 g/mol. The Kier molecular flexibility index (Phi) is 7.53. The van der Waals surface area contributed by atoms with Gasteiger partial charge in [0.05, 0.1) is 6.10 Å². The summed E-state index contributed by atoms with van der Waals surface area (Å²) in [6, 6.07) is 10.4. The number of aliphatic hydroxyl groups is 1. The van der Waals surface area contributed by atoms with Crippen molar-refractivity contribution in [1.82, 2.24) is 9.80 Å². The minimum Gasteiger partial charge on any atom is -0.392 e. The fourth-order valence-electron chi connectivity index (χ4n) is 3.32. The molecule has 24 heavy (non-hydrogen) atoms. The molecule has 3 rings (SSSR count). The van der Waals surface area contributed by atoms with Crippen LogP contribution in [0.5, 0.6) is 0 Å². The van der Waals surface area contributed by atoms with E-state index in [2.05, 4.69) is 17.0 Å². The Morgan fingerprint density at radius 1 is 1.12 bits per heavy atom. The Morgan fingerprint density at radius 3 is 2.42 bits per heavy atom. The van der Waals surface area contributed by atoms with E-state index in [0.29, 0.717) is 12.3 Å². The predicted molar refractivity (Wildman–Crippen MR) is 98.4 cm³/mol.